The average molecular weight is 360 g/mol. The van der Waals surface area contributed by atoms with Gasteiger partial charge < -0.3 is 10.0 Å². The summed E-state index contributed by atoms with van der Waals surface area (Å²) in [6, 6.07) is 5.93. The molecule has 2 heterocycles. The molecule has 1 aromatic carbocycles. The minimum atomic E-state index is -0.899. The van der Waals surface area contributed by atoms with E-state index in [1.165, 1.54) is 21.7 Å². The summed E-state index contributed by atoms with van der Waals surface area (Å²) in [4.78, 5) is 29.8. The molecule has 0 radical (unpaired) electrons. The predicted molar refractivity (Wildman–Crippen MR) is 91.7 cm³/mol. The number of carboxylic acids is 1. The molecule has 1 aliphatic heterocycles. The Hall–Kier alpha value is -2.77. The minimum Gasteiger partial charge on any atom is -0.481 e. The van der Waals surface area contributed by atoms with E-state index in [-0.39, 0.29) is 18.3 Å². The second-order valence-corrected chi connectivity index (χ2v) is 6.77. The second-order valence-electron chi connectivity index (χ2n) is 6.77. The molecule has 1 amide bonds. The van der Waals surface area contributed by atoms with E-state index in [0.29, 0.717) is 30.9 Å². The van der Waals surface area contributed by atoms with Crippen molar-refractivity contribution in [3.8, 4) is 5.69 Å². The third-order valence-corrected chi connectivity index (χ3v) is 4.45. The zero-order chi connectivity index (χ0) is 18.8. The van der Waals surface area contributed by atoms with Gasteiger partial charge >= 0.3 is 5.97 Å². The molecule has 2 aromatic rings. The molecule has 3 rings (SSSR count). The molecular weight excluding hydrogens is 339 g/mol. The highest BCUT2D eigenvalue weighted by Crippen LogP contribution is 2.21. The van der Waals surface area contributed by atoms with Crippen molar-refractivity contribution in [2.24, 2.45) is 5.92 Å². The van der Waals surface area contributed by atoms with Gasteiger partial charge in [0.2, 0.25) is 5.82 Å². The number of aliphatic carboxylic acids is 1. The molecule has 0 spiro atoms. The largest absolute Gasteiger partial charge is 0.481 e. The van der Waals surface area contributed by atoms with Gasteiger partial charge in [0, 0.05) is 19.0 Å². The van der Waals surface area contributed by atoms with E-state index in [9.17, 15) is 19.1 Å². The summed E-state index contributed by atoms with van der Waals surface area (Å²) in [7, 11) is 0. The van der Waals surface area contributed by atoms with Crippen LogP contribution in [-0.4, -0.2) is 49.7 Å². The van der Waals surface area contributed by atoms with Gasteiger partial charge in [-0.15, -0.1) is 5.10 Å². The number of likely N-dealkylation sites (tertiary alicyclic amines) is 1. The number of hydrogen-bond donors (Lipinski definition) is 1. The number of aromatic nitrogens is 3. The first-order valence-electron chi connectivity index (χ1n) is 8.61. The Morgan fingerprint density at radius 1 is 1.35 bits per heavy atom. The molecule has 138 valence electrons. The van der Waals surface area contributed by atoms with Crippen molar-refractivity contribution in [3.05, 3.63) is 41.7 Å². The lowest BCUT2D eigenvalue weighted by atomic mass is 9.98. The summed E-state index contributed by atoms with van der Waals surface area (Å²) >= 11 is 0. The number of benzene rings is 1. The Balaban J connectivity index is 1.92. The minimum absolute atomic E-state index is 0.00370. The second kappa shape index (κ2) is 7.23. The lowest BCUT2D eigenvalue weighted by Crippen LogP contribution is -2.42. The normalized spacial score (nSPS) is 17.5. The quantitative estimate of drug-likeness (QED) is 0.905. The standard InChI is InChI=1S/C18H21FN4O3/c1-11(2)16-20-15(21-23(16)14-7-3-6-13(19)9-14)17(24)22-8-4-5-12(10-22)18(25)26/h3,6-7,9,11-12H,4-5,8,10H2,1-2H3,(H,25,26)/t12-/m0/s1. The van der Waals surface area contributed by atoms with E-state index < -0.39 is 23.6 Å². The van der Waals surface area contributed by atoms with Crippen LogP contribution in [0.3, 0.4) is 0 Å². The number of halogens is 1. The number of hydrogen-bond acceptors (Lipinski definition) is 4. The highest BCUT2D eigenvalue weighted by atomic mass is 19.1. The molecule has 7 nitrogen and oxygen atoms in total. The van der Waals surface area contributed by atoms with Crippen LogP contribution in [0.2, 0.25) is 0 Å². The van der Waals surface area contributed by atoms with Crippen molar-refractivity contribution in [2.45, 2.75) is 32.6 Å². The van der Waals surface area contributed by atoms with Crippen LogP contribution in [0.5, 0.6) is 0 Å². The molecule has 8 heteroatoms. The summed E-state index contributed by atoms with van der Waals surface area (Å²) in [5, 5.41) is 13.5. The number of rotatable bonds is 4. The first kappa shape index (κ1) is 18.0. The molecule has 1 saturated heterocycles. The third-order valence-electron chi connectivity index (χ3n) is 4.45. The van der Waals surface area contributed by atoms with Crippen molar-refractivity contribution >= 4 is 11.9 Å². The van der Waals surface area contributed by atoms with E-state index in [0.717, 1.165) is 0 Å². The molecular formula is C18H21FN4O3. The van der Waals surface area contributed by atoms with Crippen molar-refractivity contribution < 1.29 is 19.1 Å². The van der Waals surface area contributed by atoms with Gasteiger partial charge in [0.15, 0.2) is 0 Å². The van der Waals surface area contributed by atoms with Gasteiger partial charge in [-0.25, -0.2) is 14.1 Å². The number of amides is 1. The Bertz CT molecular complexity index is 834. The fraction of sp³-hybridized carbons (Fsp3) is 0.444. The zero-order valence-corrected chi connectivity index (χ0v) is 14.7. The van der Waals surface area contributed by atoms with Gasteiger partial charge in [0.1, 0.15) is 11.6 Å². The number of carbonyl (C=O) groups excluding carboxylic acids is 1. The summed E-state index contributed by atoms with van der Waals surface area (Å²) < 4.78 is 15.0. The third kappa shape index (κ3) is 3.58. The number of nitrogens with zero attached hydrogens (tertiary/aromatic N) is 4. The highest BCUT2D eigenvalue weighted by molar-refractivity contribution is 5.91. The first-order valence-corrected chi connectivity index (χ1v) is 8.61. The molecule has 0 aliphatic carbocycles. The van der Waals surface area contributed by atoms with E-state index >= 15 is 0 Å². The molecule has 1 aromatic heterocycles. The molecule has 1 N–H and O–H groups in total. The Kier molecular flexibility index (Phi) is 5.01. The first-order chi connectivity index (χ1) is 12.4. The summed E-state index contributed by atoms with van der Waals surface area (Å²) in [6.45, 7) is 4.46. The molecule has 26 heavy (non-hydrogen) atoms. The maximum atomic E-state index is 13.6. The van der Waals surface area contributed by atoms with Crippen molar-refractivity contribution in [1.82, 2.24) is 19.7 Å². The van der Waals surface area contributed by atoms with Gasteiger partial charge in [-0.05, 0) is 31.0 Å². The van der Waals surface area contributed by atoms with Crippen molar-refractivity contribution in [3.63, 3.8) is 0 Å². The average Bonchev–Trinajstić information content (AvgIpc) is 3.07. The Labute approximate surface area is 150 Å². The molecule has 1 fully saturated rings. The van der Waals surface area contributed by atoms with E-state index in [4.69, 9.17) is 0 Å². The number of carbonyl (C=O) groups is 2. The van der Waals surface area contributed by atoms with Crippen LogP contribution in [0.15, 0.2) is 24.3 Å². The van der Waals surface area contributed by atoms with Crippen LogP contribution < -0.4 is 0 Å². The maximum absolute atomic E-state index is 13.6. The number of piperidine rings is 1. The van der Waals surface area contributed by atoms with E-state index in [2.05, 4.69) is 10.1 Å². The predicted octanol–water partition coefficient (Wildman–Crippen LogP) is 2.47. The Morgan fingerprint density at radius 2 is 2.12 bits per heavy atom. The Morgan fingerprint density at radius 3 is 2.77 bits per heavy atom. The summed E-state index contributed by atoms with van der Waals surface area (Å²) in [5.41, 5.74) is 0.488. The van der Waals surface area contributed by atoms with Crippen LogP contribution in [0.25, 0.3) is 5.69 Å². The number of carboxylic acid groups (broad SMARTS) is 1. The zero-order valence-electron chi connectivity index (χ0n) is 14.7. The van der Waals surface area contributed by atoms with E-state index in [1.54, 1.807) is 12.1 Å². The van der Waals surface area contributed by atoms with Gasteiger partial charge in [-0.2, -0.15) is 0 Å². The lowest BCUT2D eigenvalue weighted by molar-refractivity contribution is -0.143. The van der Waals surface area contributed by atoms with Crippen molar-refractivity contribution in [1.29, 1.82) is 0 Å². The molecule has 0 saturated carbocycles. The fourth-order valence-electron chi connectivity index (χ4n) is 3.09. The smallest absolute Gasteiger partial charge is 0.308 e. The SMILES string of the molecule is CC(C)c1nc(C(=O)N2CCC[C@H](C(=O)O)C2)nn1-c1cccc(F)c1. The van der Waals surface area contributed by atoms with Crippen molar-refractivity contribution in [2.75, 3.05) is 13.1 Å². The van der Waals surface area contributed by atoms with Crippen LogP contribution in [0.1, 0.15) is 49.1 Å². The van der Waals surface area contributed by atoms with E-state index in [1.807, 2.05) is 13.8 Å². The maximum Gasteiger partial charge on any atom is 0.308 e. The highest BCUT2D eigenvalue weighted by Gasteiger charge is 2.31. The lowest BCUT2D eigenvalue weighted by Gasteiger charge is -2.29. The topological polar surface area (TPSA) is 88.3 Å². The molecule has 1 atom stereocenters. The van der Waals surface area contributed by atoms with Gasteiger partial charge in [-0.1, -0.05) is 19.9 Å². The van der Waals surface area contributed by atoms with Crippen LogP contribution in [-0.2, 0) is 4.79 Å². The molecule has 1 aliphatic rings. The van der Waals surface area contributed by atoms with Gasteiger partial charge in [0.25, 0.3) is 5.91 Å². The summed E-state index contributed by atoms with van der Waals surface area (Å²) in [6.07, 6.45) is 1.19. The van der Waals surface area contributed by atoms with Gasteiger partial charge in [-0.3, -0.25) is 9.59 Å². The van der Waals surface area contributed by atoms with Gasteiger partial charge in [0.05, 0.1) is 11.6 Å². The van der Waals surface area contributed by atoms with Crippen LogP contribution in [0.4, 0.5) is 4.39 Å². The molecule has 0 bridgehead atoms. The molecule has 0 unspecified atom stereocenters. The van der Waals surface area contributed by atoms with Crippen LogP contribution in [0, 0.1) is 11.7 Å². The van der Waals surface area contributed by atoms with Crippen LogP contribution >= 0.6 is 0 Å². The fourth-order valence-corrected chi connectivity index (χ4v) is 3.09. The monoisotopic (exact) mass is 360 g/mol. The summed E-state index contributed by atoms with van der Waals surface area (Å²) in [5.74, 6) is -1.74.